The lowest BCUT2D eigenvalue weighted by Gasteiger charge is -2.09. The maximum absolute atomic E-state index is 12.3. The van der Waals surface area contributed by atoms with Gasteiger partial charge in [-0.1, -0.05) is 23.7 Å². The first-order valence-electron chi connectivity index (χ1n) is 8.46. The van der Waals surface area contributed by atoms with Crippen molar-refractivity contribution in [2.75, 3.05) is 0 Å². The average Bonchev–Trinajstić information content (AvgIpc) is 3.09. The van der Waals surface area contributed by atoms with Gasteiger partial charge in [-0.2, -0.15) is 0 Å². The number of benzene rings is 2. The van der Waals surface area contributed by atoms with E-state index in [1.807, 2.05) is 12.1 Å². The van der Waals surface area contributed by atoms with Gasteiger partial charge in [0.25, 0.3) is 0 Å². The number of fused-ring (bicyclic) bond motifs is 1. The molecule has 0 amide bonds. The van der Waals surface area contributed by atoms with Crippen LogP contribution in [0.4, 0.5) is 13.2 Å². The van der Waals surface area contributed by atoms with Crippen LogP contribution in [-0.4, -0.2) is 21.0 Å². The quantitative estimate of drug-likeness (QED) is 0.427. The van der Waals surface area contributed by atoms with E-state index < -0.39 is 6.36 Å². The van der Waals surface area contributed by atoms with E-state index in [0.29, 0.717) is 27.8 Å². The first-order chi connectivity index (χ1) is 13.9. The summed E-state index contributed by atoms with van der Waals surface area (Å²) in [6.07, 6.45) is -3.15. The molecule has 0 unspecified atom stereocenters. The van der Waals surface area contributed by atoms with Crippen molar-refractivity contribution in [3.05, 3.63) is 77.4 Å². The van der Waals surface area contributed by atoms with Gasteiger partial charge >= 0.3 is 6.36 Å². The number of imidazole rings is 1. The van der Waals surface area contributed by atoms with E-state index in [1.54, 1.807) is 35.0 Å². The molecule has 9 heteroatoms. The minimum atomic E-state index is -4.73. The zero-order valence-electron chi connectivity index (χ0n) is 14.7. The molecule has 0 saturated heterocycles. The third-order valence-corrected chi connectivity index (χ3v) is 4.23. The normalized spacial score (nSPS) is 11.6. The molecule has 0 bridgehead atoms. The fraction of sp³-hybridized carbons (Fsp3) is 0.100. The monoisotopic (exact) mass is 419 g/mol. The largest absolute Gasteiger partial charge is 0.573 e. The maximum atomic E-state index is 12.3. The van der Waals surface area contributed by atoms with Crippen LogP contribution in [0.15, 0.2) is 66.9 Å². The lowest BCUT2D eigenvalue weighted by atomic mass is 10.1. The van der Waals surface area contributed by atoms with Crippen LogP contribution in [0.1, 0.15) is 5.56 Å². The Bertz CT molecular complexity index is 1140. The molecule has 148 valence electrons. The van der Waals surface area contributed by atoms with Crippen molar-refractivity contribution in [2.45, 2.75) is 13.0 Å². The van der Waals surface area contributed by atoms with Crippen LogP contribution in [0.3, 0.4) is 0 Å². The van der Waals surface area contributed by atoms with Crippen LogP contribution < -0.4 is 9.47 Å². The summed E-state index contributed by atoms with van der Waals surface area (Å²) in [5, 5.41) is 5.03. The molecule has 0 aliphatic rings. The summed E-state index contributed by atoms with van der Waals surface area (Å²) in [4.78, 5) is 4.26. The molecule has 5 nitrogen and oxygen atoms in total. The standard InChI is InChI=1S/C20H13ClF3N3O2/c21-15-3-1-2-13(10-15)12-28-19-9-8-18-25-11-17(27(18)26-19)14-4-6-16(7-5-14)29-20(22,23)24/h1-11H,12H2. The summed E-state index contributed by atoms with van der Waals surface area (Å²) < 4.78 is 48.1. The first kappa shape index (κ1) is 19.1. The van der Waals surface area contributed by atoms with Crippen molar-refractivity contribution >= 4 is 17.2 Å². The second kappa shape index (κ2) is 7.63. The van der Waals surface area contributed by atoms with Crippen LogP contribution in [0.2, 0.25) is 5.02 Å². The van der Waals surface area contributed by atoms with Crippen molar-refractivity contribution < 1.29 is 22.6 Å². The van der Waals surface area contributed by atoms with Crippen LogP contribution in [0.25, 0.3) is 16.9 Å². The second-order valence-corrected chi connectivity index (χ2v) is 6.51. The Morgan fingerprint density at radius 3 is 2.52 bits per heavy atom. The number of hydrogen-bond donors (Lipinski definition) is 0. The van der Waals surface area contributed by atoms with E-state index in [2.05, 4.69) is 14.8 Å². The predicted molar refractivity (Wildman–Crippen MR) is 101 cm³/mol. The molecule has 0 spiro atoms. The molecule has 0 N–H and O–H groups in total. The lowest BCUT2D eigenvalue weighted by molar-refractivity contribution is -0.274. The van der Waals surface area contributed by atoms with Crippen LogP contribution in [0.5, 0.6) is 11.6 Å². The highest BCUT2D eigenvalue weighted by Crippen LogP contribution is 2.27. The number of alkyl halides is 3. The molecule has 29 heavy (non-hydrogen) atoms. The molecular weight excluding hydrogens is 407 g/mol. The Hall–Kier alpha value is -3.26. The van der Waals surface area contributed by atoms with Gasteiger partial charge in [0.05, 0.1) is 11.9 Å². The average molecular weight is 420 g/mol. The summed E-state index contributed by atoms with van der Waals surface area (Å²) in [6.45, 7) is 0.284. The van der Waals surface area contributed by atoms with E-state index in [9.17, 15) is 13.2 Å². The second-order valence-electron chi connectivity index (χ2n) is 6.08. The third-order valence-electron chi connectivity index (χ3n) is 4.00. The fourth-order valence-electron chi connectivity index (χ4n) is 2.74. The molecule has 2 aromatic heterocycles. The molecule has 4 aromatic rings. The highest BCUT2D eigenvalue weighted by molar-refractivity contribution is 6.30. The number of halogens is 4. The lowest BCUT2D eigenvalue weighted by Crippen LogP contribution is -2.16. The highest BCUT2D eigenvalue weighted by atomic mass is 35.5. The topological polar surface area (TPSA) is 48.7 Å². The van der Waals surface area contributed by atoms with Gasteiger partial charge in [-0.25, -0.2) is 9.50 Å². The van der Waals surface area contributed by atoms with Crippen LogP contribution in [-0.2, 0) is 6.61 Å². The summed E-state index contributed by atoms with van der Waals surface area (Å²) in [5.74, 6) is 0.0716. The van der Waals surface area contributed by atoms with Gasteiger partial charge in [0, 0.05) is 16.7 Å². The Morgan fingerprint density at radius 1 is 1.00 bits per heavy atom. The molecule has 0 radical (unpaired) electrons. The Balaban J connectivity index is 1.57. The fourth-order valence-corrected chi connectivity index (χ4v) is 2.95. The van der Waals surface area contributed by atoms with Gasteiger partial charge in [0.1, 0.15) is 12.4 Å². The van der Waals surface area contributed by atoms with Crippen LogP contribution in [0, 0.1) is 0 Å². The molecule has 4 rings (SSSR count). The van der Waals surface area contributed by atoms with Gasteiger partial charge in [-0.3, -0.25) is 0 Å². The zero-order valence-corrected chi connectivity index (χ0v) is 15.5. The van der Waals surface area contributed by atoms with Crippen molar-refractivity contribution in [1.82, 2.24) is 14.6 Å². The van der Waals surface area contributed by atoms with E-state index in [1.165, 1.54) is 24.3 Å². The number of aromatic nitrogens is 3. The van der Waals surface area contributed by atoms with E-state index >= 15 is 0 Å². The number of rotatable bonds is 5. The van der Waals surface area contributed by atoms with E-state index in [-0.39, 0.29) is 12.4 Å². The van der Waals surface area contributed by atoms with E-state index in [4.69, 9.17) is 16.3 Å². The van der Waals surface area contributed by atoms with Crippen molar-refractivity contribution in [3.8, 4) is 22.9 Å². The van der Waals surface area contributed by atoms with Crippen LogP contribution >= 0.6 is 11.6 Å². The summed E-state index contributed by atoms with van der Waals surface area (Å²) >= 11 is 5.97. The number of hydrogen-bond acceptors (Lipinski definition) is 4. The zero-order chi connectivity index (χ0) is 20.4. The number of ether oxygens (including phenoxy) is 2. The Morgan fingerprint density at radius 2 is 1.79 bits per heavy atom. The molecule has 2 aromatic carbocycles. The van der Waals surface area contributed by atoms with Crippen molar-refractivity contribution in [3.63, 3.8) is 0 Å². The molecular formula is C20H13ClF3N3O2. The van der Waals surface area contributed by atoms with Crippen molar-refractivity contribution in [1.29, 1.82) is 0 Å². The molecule has 0 atom stereocenters. The maximum Gasteiger partial charge on any atom is 0.573 e. The Kier molecular flexibility index (Phi) is 5.02. The van der Waals surface area contributed by atoms with Gasteiger partial charge < -0.3 is 9.47 Å². The third kappa shape index (κ3) is 4.60. The molecule has 0 aliphatic heterocycles. The van der Waals surface area contributed by atoms with Gasteiger partial charge in [-0.15, -0.1) is 18.3 Å². The smallest absolute Gasteiger partial charge is 0.472 e. The van der Waals surface area contributed by atoms with E-state index in [0.717, 1.165) is 5.56 Å². The summed E-state index contributed by atoms with van der Waals surface area (Å²) in [7, 11) is 0. The molecule has 0 aliphatic carbocycles. The molecule has 0 saturated carbocycles. The van der Waals surface area contributed by atoms with Crippen molar-refractivity contribution in [2.24, 2.45) is 0 Å². The first-order valence-corrected chi connectivity index (χ1v) is 8.83. The summed E-state index contributed by atoms with van der Waals surface area (Å²) in [5.41, 5.74) is 2.70. The van der Waals surface area contributed by atoms with Gasteiger partial charge in [0.15, 0.2) is 5.65 Å². The molecule has 2 heterocycles. The number of nitrogens with zero attached hydrogens (tertiary/aromatic N) is 3. The minimum absolute atomic E-state index is 0.284. The highest BCUT2D eigenvalue weighted by Gasteiger charge is 2.31. The van der Waals surface area contributed by atoms with Gasteiger partial charge in [0.2, 0.25) is 5.88 Å². The van der Waals surface area contributed by atoms with Gasteiger partial charge in [-0.05, 0) is 48.0 Å². The SMILES string of the molecule is FC(F)(F)Oc1ccc(-c2cnc3ccc(OCc4cccc(Cl)c4)nn23)cc1. The summed E-state index contributed by atoms with van der Waals surface area (Å²) in [6, 6.07) is 16.2. The predicted octanol–water partition coefficient (Wildman–Crippen LogP) is 5.53. The Labute approximate surface area is 168 Å². The molecule has 0 fully saturated rings. The minimum Gasteiger partial charge on any atom is -0.472 e.